The zero-order valence-corrected chi connectivity index (χ0v) is 14.7. The van der Waals surface area contributed by atoms with Crippen molar-refractivity contribution < 1.29 is 4.79 Å². The minimum Gasteiger partial charge on any atom is -0.349 e. The third-order valence-electron chi connectivity index (χ3n) is 4.97. The van der Waals surface area contributed by atoms with Crippen LogP contribution in [0.1, 0.15) is 40.8 Å². The molecule has 0 aliphatic carbocycles. The Kier molecular flexibility index (Phi) is 5.00. The van der Waals surface area contributed by atoms with Gasteiger partial charge in [-0.15, -0.1) is 0 Å². The van der Waals surface area contributed by atoms with Crippen molar-refractivity contribution in [2.75, 3.05) is 13.1 Å². The topological polar surface area (TPSA) is 59.0 Å². The van der Waals surface area contributed by atoms with Gasteiger partial charge in [0.2, 0.25) is 0 Å². The van der Waals surface area contributed by atoms with E-state index in [-0.39, 0.29) is 11.9 Å². The number of piperidine rings is 1. The predicted octanol–water partition coefficient (Wildman–Crippen LogP) is 2.28. The van der Waals surface area contributed by atoms with Gasteiger partial charge in [-0.2, -0.15) is 0 Å². The first kappa shape index (κ1) is 16.7. The molecule has 5 heteroatoms. The summed E-state index contributed by atoms with van der Waals surface area (Å²) < 4.78 is 2.16. The van der Waals surface area contributed by atoms with Crippen LogP contribution >= 0.6 is 0 Å². The molecule has 1 saturated heterocycles. The maximum absolute atomic E-state index is 12.7. The number of hydrogen-bond donors (Lipinski definition) is 2. The highest BCUT2D eigenvalue weighted by molar-refractivity contribution is 5.96. The lowest BCUT2D eigenvalue weighted by atomic mass is 9.95. The summed E-state index contributed by atoms with van der Waals surface area (Å²) in [4.78, 5) is 17.1. The Balaban J connectivity index is 1.76. The van der Waals surface area contributed by atoms with E-state index in [1.54, 1.807) is 6.20 Å². The monoisotopic (exact) mass is 326 g/mol. The number of carbonyl (C=O) groups excluding carboxylic acids is 1. The lowest BCUT2D eigenvalue weighted by Crippen LogP contribution is -2.48. The Morgan fingerprint density at radius 1 is 1.42 bits per heavy atom. The van der Waals surface area contributed by atoms with Gasteiger partial charge in [-0.25, -0.2) is 0 Å². The Hall–Kier alpha value is -2.14. The fourth-order valence-corrected chi connectivity index (χ4v) is 3.40. The zero-order valence-electron chi connectivity index (χ0n) is 14.7. The van der Waals surface area contributed by atoms with Crippen molar-refractivity contribution in [2.45, 2.75) is 39.8 Å². The van der Waals surface area contributed by atoms with Crippen LogP contribution in [0.25, 0.3) is 0 Å². The van der Waals surface area contributed by atoms with Gasteiger partial charge in [-0.3, -0.25) is 9.78 Å². The van der Waals surface area contributed by atoms with Gasteiger partial charge in [0.15, 0.2) is 0 Å². The third kappa shape index (κ3) is 3.51. The van der Waals surface area contributed by atoms with Crippen LogP contribution in [0.4, 0.5) is 0 Å². The molecule has 2 aromatic heterocycles. The van der Waals surface area contributed by atoms with Crippen LogP contribution in [-0.4, -0.2) is 34.6 Å². The molecule has 2 N–H and O–H groups in total. The largest absolute Gasteiger partial charge is 0.349 e. The van der Waals surface area contributed by atoms with E-state index in [0.717, 1.165) is 42.2 Å². The van der Waals surface area contributed by atoms with Crippen LogP contribution in [0.3, 0.4) is 0 Å². The standard InChI is InChI=1S/C19H26N4O/c1-13-11-20-9-7-18(13)22-19(24)17-10-14(2)23(15(17)3)12-16-6-4-5-8-21-16/h4-6,8,10,13,18,20H,7,9,11-12H2,1-3H3,(H,22,24). The van der Waals surface area contributed by atoms with Crippen LogP contribution in [0.2, 0.25) is 0 Å². The molecule has 0 bridgehead atoms. The average Bonchev–Trinajstić information content (AvgIpc) is 2.86. The van der Waals surface area contributed by atoms with E-state index in [0.29, 0.717) is 12.5 Å². The molecule has 3 heterocycles. The second-order valence-corrected chi connectivity index (χ2v) is 6.74. The highest BCUT2D eigenvalue weighted by atomic mass is 16.1. The van der Waals surface area contributed by atoms with Gasteiger partial charge < -0.3 is 15.2 Å². The van der Waals surface area contributed by atoms with E-state index in [4.69, 9.17) is 0 Å². The van der Waals surface area contributed by atoms with Crippen molar-refractivity contribution in [2.24, 2.45) is 5.92 Å². The van der Waals surface area contributed by atoms with Crippen molar-refractivity contribution in [1.82, 2.24) is 20.2 Å². The molecule has 128 valence electrons. The second kappa shape index (κ2) is 7.18. The number of hydrogen-bond acceptors (Lipinski definition) is 3. The molecule has 0 aromatic carbocycles. The Labute approximate surface area is 143 Å². The van der Waals surface area contributed by atoms with Gasteiger partial charge in [-0.05, 0) is 57.5 Å². The number of aryl methyl sites for hydroxylation is 1. The summed E-state index contributed by atoms with van der Waals surface area (Å²) in [6, 6.07) is 8.15. The molecular formula is C19H26N4O. The summed E-state index contributed by atoms with van der Waals surface area (Å²) in [5.41, 5.74) is 3.85. The highest BCUT2D eigenvalue weighted by Crippen LogP contribution is 2.18. The summed E-state index contributed by atoms with van der Waals surface area (Å²) in [6.07, 6.45) is 2.79. The SMILES string of the molecule is Cc1cc(C(=O)NC2CCNCC2C)c(C)n1Cc1ccccn1. The normalized spacial score (nSPS) is 20.8. The summed E-state index contributed by atoms with van der Waals surface area (Å²) in [6.45, 7) is 8.85. The molecule has 1 amide bonds. The molecule has 0 spiro atoms. The lowest BCUT2D eigenvalue weighted by molar-refractivity contribution is 0.0913. The third-order valence-corrected chi connectivity index (χ3v) is 4.97. The van der Waals surface area contributed by atoms with E-state index in [2.05, 4.69) is 27.1 Å². The quantitative estimate of drug-likeness (QED) is 0.906. The summed E-state index contributed by atoms with van der Waals surface area (Å²) in [5.74, 6) is 0.494. The first-order valence-corrected chi connectivity index (χ1v) is 8.64. The summed E-state index contributed by atoms with van der Waals surface area (Å²) in [7, 11) is 0. The summed E-state index contributed by atoms with van der Waals surface area (Å²) >= 11 is 0. The number of nitrogens with zero attached hydrogens (tertiary/aromatic N) is 2. The van der Waals surface area contributed by atoms with E-state index in [9.17, 15) is 4.79 Å². The van der Waals surface area contributed by atoms with Gasteiger partial charge in [0, 0.05) is 23.6 Å². The maximum Gasteiger partial charge on any atom is 0.253 e. The van der Waals surface area contributed by atoms with E-state index in [1.807, 2.05) is 38.1 Å². The molecule has 5 nitrogen and oxygen atoms in total. The van der Waals surface area contributed by atoms with Crippen LogP contribution in [0, 0.1) is 19.8 Å². The van der Waals surface area contributed by atoms with Crippen LogP contribution in [-0.2, 0) is 6.54 Å². The van der Waals surface area contributed by atoms with Crippen molar-refractivity contribution in [1.29, 1.82) is 0 Å². The smallest absolute Gasteiger partial charge is 0.253 e. The van der Waals surface area contributed by atoms with Gasteiger partial charge in [0.05, 0.1) is 17.8 Å². The zero-order chi connectivity index (χ0) is 17.1. The van der Waals surface area contributed by atoms with E-state index in [1.165, 1.54) is 0 Å². The van der Waals surface area contributed by atoms with Crippen LogP contribution < -0.4 is 10.6 Å². The summed E-state index contributed by atoms with van der Waals surface area (Å²) in [5, 5.41) is 6.59. The second-order valence-electron chi connectivity index (χ2n) is 6.74. The van der Waals surface area contributed by atoms with Crippen molar-refractivity contribution >= 4 is 5.91 Å². The molecule has 1 fully saturated rings. The lowest BCUT2D eigenvalue weighted by Gasteiger charge is -2.30. The molecule has 2 aromatic rings. The average molecular weight is 326 g/mol. The molecule has 24 heavy (non-hydrogen) atoms. The molecule has 1 aliphatic rings. The minimum absolute atomic E-state index is 0.0362. The Bertz CT molecular complexity index is 708. The minimum atomic E-state index is 0.0362. The number of nitrogens with one attached hydrogen (secondary N) is 2. The van der Waals surface area contributed by atoms with Crippen LogP contribution in [0.5, 0.6) is 0 Å². The number of aromatic nitrogens is 2. The van der Waals surface area contributed by atoms with Gasteiger partial charge in [0.25, 0.3) is 5.91 Å². The molecule has 2 unspecified atom stereocenters. The molecule has 2 atom stereocenters. The van der Waals surface area contributed by atoms with Gasteiger partial charge in [-0.1, -0.05) is 13.0 Å². The van der Waals surface area contributed by atoms with Crippen LogP contribution in [0.15, 0.2) is 30.5 Å². The Morgan fingerprint density at radius 3 is 2.96 bits per heavy atom. The molecular weight excluding hydrogens is 300 g/mol. The fraction of sp³-hybridized carbons (Fsp3) is 0.474. The first-order chi connectivity index (χ1) is 11.6. The maximum atomic E-state index is 12.7. The van der Waals surface area contributed by atoms with Gasteiger partial charge >= 0.3 is 0 Å². The van der Waals surface area contributed by atoms with E-state index >= 15 is 0 Å². The van der Waals surface area contributed by atoms with E-state index < -0.39 is 0 Å². The molecule has 0 saturated carbocycles. The Morgan fingerprint density at radius 2 is 2.25 bits per heavy atom. The van der Waals surface area contributed by atoms with Crippen molar-refractivity contribution in [3.63, 3.8) is 0 Å². The molecule has 0 radical (unpaired) electrons. The molecule has 3 rings (SSSR count). The number of carbonyl (C=O) groups is 1. The van der Waals surface area contributed by atoms with Crippen molar-refractivity contribution in [3.05, 3.63) is 53.1 Å². The number of pyridine rings is 1. The first-order valence-electron chi connectivity index (χ1n) is 8.64. The van der Waals surface area contributed by atoms with Gasteiger partial charge in [0.1, 0.15) is 0 Å². The number of rotatable bonds is 4. The molecule has 1 aliphatic heterocycles. The highest BCUT2D eigenvalue weighted by Gasteiger charge is 2.24. The fourth-order valence-electron chi connectivity index (χ4n) is 3.40. The predicted molar refractivity (Wildman–Crippen MR) is 95.1 cm³/mol. The number of amides is 1. The van der Waals surface area contributed by atoms with Crippen molar-refractivity contribution in [3.8, 4) is 0 Å².